The van der Waals surface area contributed by atoms with Gasteiger partial charge in [0.05, 0.1) is 0 Å². The Balaban J connectivity index is 1.45. The third-order valence-corrected chi connectivity index (χ3v) is 6.09. The molecule has 124 valence electrons. The van der Waals surface area contributed by atoms with Crippen molar-refractivity contribution in [1.82, 2.24) is 14.8 Å². The molecule has 4 heteroatoms. The summed E-state index contributed by atoms with van der Waals surface area (Å²) >= 11 is 0. The van der Waals surface area contributed by atoms with Crippen molar-refractivity contribution < 1.29 is 4.79 Å². The van der Waals surface area contributed by atoms with E-state index < -0.39 is 0 Å². The van der Waals surface area contributed by atoms with E-state index in [-0.39, 0.29) is 0 Å². The van der Waals surface area contributed by atoms with Crippen molar-refractivity contribution in [2.45, 2.75) is 63.6 Å². The Kier molecular flexibility index (Phi) is 4.34. The van der Waals surface area contributed by atoms with Crippen molar-refractivity contribution in [3.63, 3.8) is 0 Å². The Labute approximate surface area is 138 Å². The lowest BCUT2D eigenvalue weighted by Gasteiger charge is -2.48. The Morgan fingerprint density at radius 3 is 2.83 bits per heavy atom. The third kappa shape index (κ3) is 3.14. The second-order valence-corrected chi connectivity index (χ2v) is 7.47. The molecule has 3 fully saturated rings. The molecule has 3 heterocycles. The number of amides is 1. The molecule has 4 rings (SSSR count). The van der Waals surface area contributed by atoms with Gasteiger partial charge in [-0.1, -0.05) is 18.9 Å². The lowest BCUT2D eigenvalue weighted by atomic mass is 9.82. The van der Waals surface area contributed by atoms with E-state index in [0.717, 1.165) is 37.4 Å². The summed E-state index contributed by atoms with van der Waals surface area (Å²) in [5, 5.41) is 0. The van der Waals surface area contributed by atoms with Gasteiger partial charge in [0.25, 0.3) is 0 Å². The van der Waals surface area contributed by atoms with Crippen molar-refractivity contribution >= 4 is 5.91 Å². The maximum absolute atomic E-state index is 12.5. The molecule has 1 saturated carbocycles. The fraction of sp³-hybridized carbons (Fsp3) is 0.684. The number of piperidine rings is 2. The first-order chi connectivity index (χ1) is 11.3. The van der Waals surface area contributed by atoms with Crippen LogP contribution in [-0.4, -0.2) is 45.9 Å². The average molecular weight is 313 g/mol. The molecule has 0 unspecified atom stereocenters. The maximum Gasteiger partial charge on any atom is 0.223 e. The second kappa shape index (κ2) is 6.60. The van der Waals surface area contributed by atoms with E-state index in [1.165, 1.54) is 38.8 Å². The monoisotopic (exact) mass is 313 g/mol. The van der Waals surface area contributed by atoms with Gasteiger partial charge in [0.2, 0.25) is 5.91 Å². The zero-order valence-corrected chi connectivity index (χ0v) is 13.9. The minimum absolute atomic E-state index is 0.337. The first-order valence-corrected chi connectivity index (χ1v) is 9.23. The number of rotatable bonds is 3. The van der Waals surface area contributed by atoms with Gasteiger partial charge in [-0.25, -0.2) is 0 Å². The molecule has 2 aliphatic heterocycles. The summed E-state index contributed by atoms with van der Waals surface area (Å²) in [5.74, 6) is 1.00. The zero-order chi connectivity index (χ0) is 15.6. The number of hydrogen-bond donors (Lipinski definition) is 0. The molecule has 0 radical (unpaired) electrons. The molecule has 0 aromatic carbocycles. The largest absolute Gasteiger partial charge is 0.335 e. The van der Waals surface area contributed by atoms with Crippen LogP contribution in [0.2, 0.25) is 0 Å². The van der Waals surface area contributed by atoms with E-state index >= 15 is 0 Å². The quantitative estimate of drug-likeness (QED) is 0.861. The van der Waals surface area contributed by atoms with Crippen LogP contribution in [0.25, 0.3) is 0 Å². The van der Waals surface area contributed by atoms with Crippen molar-refractivity contribution in [2.24, 2.45) is 5.92 Å². The molecule has 3 aliphatic rings. The molecule has 0 spiro atoms. The van der Waals surface area contributed by atoms with Crippen LogP contribution < -0.4 is 0 Å². The Morgan fingerprint density at radius 1 is 1.17 bits per heavy atom. The first-order valence-electron chi connectivity index (χ1n) is 9.23. The molecule has 2 saturated heterocycles. The lowest BCUT2D eigenvalue weighted by Crippen LogP contribution is -2.56. The molecule has 0 N–H and O–H groups in total. The summed E-state index contributed by atoms with van der Waals surface area (Å²) in [6, 6.07) is 5.30. The van der Waals surface area contributed by atoms with Crippen molar-refractivity contribution in [1.29, 1.82) is 0 Å². The molecule has 2 atom stereocenters. The molecule has 1 amide bonds. The number of hydrogen-bond acceptors (Lipinski definition) is 3. The van der Waals surface area contributed by atoms with Gasteiger partial charge in [-0.15, -0.1) is 0 Å². The summed E-state index contributed by atoms with van der Waals surface area (Å²) < 4.78 is 0. The molecule has 1 aromatic heterocycles. The van der Waals surface area contributed by atoms with Gasteiger partial charge >= 0.3 is 0 Å². The average Bonchev–Trinajstić information content (AvgIpc) is 3.13. The second-order valence-electron chi connectivity index (χ2n) is 7.47. The van der Waals surface area contributed by atoms with Crippen molar-refractivity contribution in [2.75, 3.05) is 13.1 Å². The van der Waals surface area contributed by atoms with Crippen LogP contribution >= 0.6 is 0 Å². The van der Waals surface area contributed by atoms with E-state index in [4.69, 9.17) is 0 Å². The van der Waals surface area contributed by atoms with E-state index in [2.05, 4.69) is 20.9 Å². The van der Waals surface area contributed by atoms with Crippen LogP contribution in [0.5, 0.6) is 0 Å². The number of nitrogens with zero attached hydrogens (tertiary/aromatic N) is 3. The van der Waals surface area contributed by atoms with E-state index in [1.807, 2.05) is 12.3 Å². The lowest BCUT2D eigenvalue weighted by molar-refractivity contribution is -0.142. The Morgan fingerprint density at radius 2 is 2.04 bits per heavy atom. The SMILES string of the molecule is O=C1CC[C@@H]2CN(C3CCCC3)CC[C@@H]2N1Cc1cccnc1. The Hall–Kier alpha value is -1.42. The normalized spacial score (nSPS) is 29.7. The van der Waals surface area contributed by atoms with Gasteiger partial charge in [-0.2, -0.15) is 0 Å². The smallest absolute Gasteiger partial charge is 0.223 e. The highest BCUT2D eigenvalue weighted by atomic mass is 16.2. The number of pyridine rings is 1. The fourth-order valence-electron chi connectivity index (χ4n) is 4.87. The highest BCUT2D eigenvalue weighted by molar-refractivity contribution is 5.77. The van der Waals surface area contributed by atoms with Crippen LogP contribution in [0, 0.1) is 5.92 Å². The molecular formula is C19H27N3O. The molecule has 1 aliphatic carbocycles. The minimum atomic E-state index is 0.337. The number of carbonyl (C=O) groups excluding carboxylic acids is 1. The number of carbonyl (C=O) groups is 1. The predicted octanol–water partition coefficient (Wildman–Crippen LogP) is 2.84. The van der Waals surface area contributed by atoms with Gasteiger partial charge in [0, 0.05) is 50.5 Å². The molecule has 4 nitrogen and oxygen atoms in total. The summed E-state index contributed by atoms with van der Waals surface area (Å²) in [4.78, 5) is 21.6. The van der Waals surface area contributed by atoms with Crippen molar-refractivity contribution in [3.8, 4) is 0 Å². The van der Waals surface area contributed by atoms with E-state index in [0.29, 0.717) is 17.9 Å². The van der Waals surface area contributed by atoms with Crippen LogP contribution in [-0.2, 0) is 11.3 Å². The number of likely N-dealkylation sites (tertiary alicyclic amines) is 2. The topological polar surface area (TPSA) is 36.4 Å². The van der Waals surface area contributed by atoms with Crippen molar-refractivity contribution in [3.05, 3.63) is 30.1 Å². The standard InChI is InChI=1S/C19H27N3O/c23-19-8-7-16-14-21(17-5-1-2-6-17)11-9-18(16)22(19)13-15-4-3-10-20-12-15/h3-4,10,12,16-18H,1-2,5-9,11,13-14H2/t16-,18+/m1/s1. The Bertz CT molecular complexity index is 541. The highest BCUT2D eigenvalue weighted by Gasteiger charge is 2.40. The van der Waals surface area contributed by atoms with Crippen LogP contribution in [0.15, 0.2) is 24.5 Å². The number of aromatic nitrogens is 1. The van der Waals surface area contributed by atoms with E-state index in [9.17, 15) is 4.79 Å². The predicted molar refractivity (Wildman–Crippen MR) is 89.7 cm³/mol. The van der Waals surface area contributed by atoms with Crippen LogP contribution in [0.1, 0.15) is 50.5 Å². The number of fused-ring (bicyclic) bond motifs is 1. The molecule has 23 heavy (non-hydrogen) atoms. The van der Waals surface area contributed by atoms with Gasteiger partial charge in [-0.3, -0.25) is 14.7 Å². The van der Waals surface area contributed by atoms with Gasteiger partial charge < -0.3 is 4.90 Å². The summed E-state index contributed by atoms with van der Waals surface area (Å²) in [7, 11) is 0. The molecular weight excluding hydrogens is 286 g/mol. The van der Waals surface area contributed by atoms with Gasteiger partial charge in [0.1, 0.15) is 0 Å². The summed E-state index contributed by atoms with van der Waals surface area (Å²) in [6.45, 7) is 3.10. The minimum Gasteiger partial charge on any atom is -0.335 e. The van der Waals surface area contributed by atoms with Crippen LogP contribution in [0.4, 0.5) is 0 Å². The third-order valence-electron chi connectivity index (χ3n) is 6.09. The highest BCUT2D eigenvalue weighted by Crippen LogP contribution is 2.35. The maximum atomic E-state index is 12.5. The fourth-order valence-corrected chi connectivity index (χ4v) is 4.87. The van der Waals surface area contributed by atoms with Gasteiger partial charge in [-0.05, 0) is 43.2 Å². The molecule has 0 bridgehead atoms. The van der Waals surface area contributed by atoms with Gasteiger partial charge in [0.15, 0.2) is 0 Å². The van der Waals surface area contributed by atoms with E-state index in [1.54, 1.807) is 6.20 Å². The first kappa shape index (κ1) is 15.1. The van der Waals surface area contributed by atoms with Crippen LogP contribution in [0.3, 0.4) is 0 Å². The summed E-state index contributed by atoms with van der Waals surface area (Å²) in [5.41, 5.74) is 1.15. The summed E-state index contributed by atoms with van der Waals surface area (Å²) in [6.07, 6.45) is 12.2. The molecule has 1 aromatic rings. The zero-order valence-electron chi connectivity index (χ0n) is 13.9.